The van der Waals surface area contributed by atoms with Gasteiger partial charge in [-0.2, -0.15) is 0 Å². The highest BCUT2D eigenvalue weighted by molar-refractivity contribution is 5.99. The Kier molecular flexibility index (Phi) is 33.1. The summed E-state index contributed by atoms with van der Waals surface area (Å²) < 4.78 is 0. The molecule has 4 N–H and O–H groups in total. The molecule has 1 heterocycles. The van der Waals surface area contributed by atoms with E-state index in [1.807, 2.05) is 55.4 Å². The molecule has 0 spiro atoms. The van der Waals surface area contributed by atoms with E-state index < -0.39 is 167 Å². The Morgan fingerprint density at radius 2 is 0.968 bits per heavy atom. The van der Waals surface area contributed by atoms with E-state index in [0.717, 1.165) is 4.90 Å². The van der Waals surface area contributed by atoms with Gasteiger partial charge in [-0.05, 0) is 111 Å². The van der Waals surface area contributed by atoms with E-state index in [-0.39, 0.29) is 87.1 Å². The number of carbonyl (C=O) groups is 12. The number of aliphatic hydroxyl groups excluding tert-OH is 1. The van der Waals surface area contributed by atoms with Gasteiger partial charge in [-0.15, -0.1) is 0 Å². The second-order valence-electron chi connectivity index (χ2n) is 28.8. The lowest BCUT2D eigenvalue weighted by atomic mass is 9.84. The number of Topliss-reactive ketones (excluding diaryl/α,β-unsaturated/α-hetero) is 3. The fourth-order valence-electron chi connectivity index (χ4n) is 12.4. The highest BCUT2D eigenvalue weighted by atomic mass is 16.4. The number of nitrogens with one attached hydrogen (secondary N) is 2. The van der Waals surface area contributed by atoms with E-state index in [1.165, 1.54) is 97.8 Å². The van der Waals surface area contributed by atoms with Gasteiger partial charge in [-0.1, -0.05) is 104 Å². The number of ketones is 3. The summed E-state index contributed by atoms with van der Waals surface area (Å²) in [5.74, 6) is -12.6. The Bertz CT molecular complexity index is 2730. The zero-order valence-corrected chi connectivity index (χ0v) is 60.4. The van der Waals surface area contributed by atoms with Gasteiger partial charge in [0.15, 0.2) is 17.3 Å². The first-order chi connectivity index (χ1) is 43.0. The van der Waals surface area contributed by atoms with Crippen molar-refractivity contribution in [1.82, 2.24) is 39.6 Å². The standard InChI is InChI=1S/C70H117N9O14/c1-24-48-36-58(82)61(62(84)45(14)29-30-71-50-27-25-49(26-28-50)70(92)93)79(23)69(91)60(44(12)13)78(22)68(90)55(34-42(8)9)77(21)67(89)54(33-41(6)7)76(20)64(86)47(16)72-63(85)46(15)35-56(80)53(32-40(4)5)75(19)66(88)51(43(10)11)37-57(81)52(31-39(2)3)74(18)59(83)38-73(17)65(48)87/h25-28,39-48,51-55,60-62,71,84H,24,29-38H2,1-23H3,(H,72,85)(H,92,93)/t45-,46-,47-,48-,51+,52+,53+,54+,55+,60+,61-,62-/m1/s1. The summed E-state index contributed by atoms with van der Waals surface area (Å²) in [4.78, 5) is 182. The second kappa shape index (κ2) is 37.3. The number of likely N-dealkylation sites (N-methyl/N-ethyl adjacent to an activating group) is 7. The van der Waals surface area contributed by atoms with Gasteiger partial charge in [0.25, 0.3) is 0 Å². The molecule has 1 saturated heterocycles. The van der Waals surface area contributed by atoms with Gasteiger partial charge in [0, 0.05) is 98.6 Å². The first-order valence-corrected chi connectivity index (χ1v) is 33.5. The fraction of sp³-hybridized carbons (Fsp3) is 0.743. The number of nitrogens with zero attached hydrogens (tertiary/aromatic N) is 7. The molecule has 1 aromatic rings. The van der Waals surface area contributed by atoms with Crippen molar-refractivity contribution in [1.29, 1.82) is 0 Å². The van der Waals surface area contributed by atoms with Crippen LogP contribution in [0.5, 0.6) is 0 Å². The van der Waals surface area contributed by atoms with Crippen LogP contribution in [0.3, 0.4) is 0 Å². The maximum Gasteiger partial charge on any atom is 0.335 e. The average molecular weight is 1310 g/mol. The summed E-state index contributed by atoms with van der Waals surface area (Å²) in [5, 5.41) is 27.8. The number of amides is 8. The summed E-state index contributed by atoms with van der Waals surface area (Å²) in [6.07, 6.45) is -1.54. The van der Waals surface area contributed by atoms with Gasteiger partial charge in [-0.3, -0.25) is 52.7 Å². The van der Waals surface area contributed by atoms with Crippen molar-refractivity contribution in [3.8, 4) is 0 Å². The molecule has 93 heavy (non-hydrogen) atoms. The molecule has 526 valence electrons. The van der Waals surface area contributed by atoms with Gasteiger partial charge >= 0.3 is 5.97 Å². The molecule has 12 atom stereocenters. The average Bonchev–Trinajstić information content (AvgIpc) is 0.846. The van der Waals surface area contributed by atoms with E-state index in [1.54, 1.807) is 60.6 Å². The molecule has 8 amide bonds. The minimum absolute atomic E-state index is 0.0814. The molecule has 0 radical (unpaired) electrons. The Morgan fingerprint density at radius 1 is 0.527 bits per heavy atom. The van der Waals surface area contributed by atoms with E-state index >= 15 is 19.2 Å². The third kappa shape index (κ3) is 23.3. The number of carboxylic acids is 1. The Hall–Kier alpha value is -6.78. The molecular weight excluding hydrogens is 1190 g/mol. The van der Waals surface area contributed by atoms with Crippen LogP contribution in [0.1, 0.15) is 179 Å². The number of anilines is 1. The Labute approximate surface area is 555 Å². The van der Waals surface area contributed by atoms with Crippen LogP contribution in [0.15, 0.2) is 24.3 Å². The predicted octanol–water partition coefficient (Wildman–Crippen LogP) is 6.78. The molecule has 1 aliphatic heterocycles. The topological polar surface area (TPSA) is 292 Å². The van der Waals surface area contributed by atoms with Crippen molar-refractivity contribution >= 4 is 76.3 Å². The summed E-state index contributed by atoms with van der Waals surface area (Å²) in [6, 6.07) is -2.34. The van der Waals surface area contributed by atoms with Crippen LogP contribution in [-0.2, 0) is 52.7 Å². The highest BCUT2D eigenvalue weighted by Crippen LogP contribution is 2.29. The first-order valence-electron chi connectivity index (χ1n) is 33.5. The third-order valence-corrected chi connectivity index (χ3v) is 18.4. The molecule has 0 aliphatic carbocycles. The maximum atomic E-state index is 15.4. The molecule has 0 bridgehead atoms. The summed E-state index contributed by atoms with van der Waals surface area (Å²) in [7, 11) is 10.1. The monoisotopic (exact) mass is 1310 g/mol. The largest absolute Gasteiger partial charge is 0.478 e. The normalized spacial score (nSPS) is 25.7. The SMILES string of the molecule is CC[C@@H]1CC(=O)[C@H]([C@H](O)[C@H](C)CCNc2ccc(C(=O)O)cc2)N(C)C(=O)[C@H](C(C)C)N(C)C(=O)[C@H](CC(C)C)N(C)C(=O)[C@H](CC(C)C)N(C)C(=O)[C@@H](C)NC(=O)[C@H](C)CC(=O)[C@H](CC(C)C)N(C)C(=O)[C@H](C(C)C)CC(=O)[C@H](CC(C)C)N(C)C(=O)CN(C)C1=O. The molecular formula is C70H117N9O14. The number of aliphatic hydroxyl groups is 1. The van der Waals surface area contributed by atoms with Crippen LogP contribution in [0.25, 0.3) is 0 Å². The highest BCUT2D eigenvalue weighted by Gasteiger charge is 2.46. The first kappa shape index (κ1) is 82.3. The zero-order chi connectivity index (χ0) is 71.5. The van der Waals surface area contributed by atoms with Crippen LogP contribution in [-0.4, -0.2) is 226 Å². The van der Waals surface area contributed by atoms with Crippen LogP contribution in [0.2, 0.25) is 0 Å². The lowest BCUT2D eigenvalue weighted by Crippen LogP contribution is -2.61. The van der Waals surface area contributed by atoms with Crippen LogP contribution in [0, 0.1) is 59.2 Å². The Balaban J connectivity index is 2.98. The predicted molar refractivity (Wildman–Crippen MR) is 359 cm³/mol. The van der Waals surface area contributed by atoms with Crippen LogP contribution < -0.4 is 10.6 Å². The summed E-state index contributed by atoms with van der Waals surface area (Å²) >= 11 is 0. The van der Waals surface area contributed by atoms with E-state index in [0.29, 0.717) is 5.69 Å². The second-order valence-corrected chi connectivity index (χ2v) is 28.8. The number of carbonyl (C=O) groups excluding carboxylic acids is 11. The number of hydrogen-bond donors (Lipinski definition) is 4. The van der Waals surface area contributed by atoms with Gasteiger partial charge in [0.2, 0.25) is 47.3 Å². The lowest BCUT2D eigenvalue weighted by molar-refractivity contribution is -0.157. The van der Waals surface area contributed by atoms with Gasteiger partial charge in [0.1, 0.15) is 30.2 Å². The number of benzene rings is 1. The molecule has 0 saturated carbocycles. The molecule has 23 nitrogen and oxygen atoms in total. The van der Waals surface area contributed by atoms with Crippen molar-refractivity contribution in [2.45, 2.75) is 217 Å². The number of aromatic carboxylic acids is 1. The quantitative estimate of drug-likeness (QED) is 0.118. The Morgan fingerprint density at radius 3 is 1.43 bits per heavy atom. The molecule has 2 rings (SSSR count). The number of hydrogen-bond acceptors (Lipinski definition) is 14. The third-order valence-electron chi connectivity index (χ3n) is 18.4. The summed E-state index contributed by atoms with van der Waals surface area (Å²) in [6.45, 7) is 28.3. The van der Waals surface area contributed by atoms with Crippen molar-refractivity contribution < 1.29 is 67.7 Å². The van der Waals surface area contributed by atoms with Crippen molar-refractivity contribution in [3.63, 3.8) is 0 Å². The minimum atomic E-state index is -1.59. The van der Waals surface area contributed by atoms with Crippen LogP contribution >= 0.6 is 0 Å². The molecule has 1 aromatic carbocycles. The lowest BCUT2D eigenvalue weighted by Gasteiger charge is -2.41. The van der Waals surface area contributed by atoms with E-state index in [9.17, 15) is 48.6 Å². The van der Waals surface area contributed by atoms with Crippen molar-refractivity contribution in [2.24, 2.45) is 59.2 Å². The van der Waals surface area contributed by atoms with Gasteiger partial charge in [0.05, 0.1) is 30.3 Å². The van der Waals surface area contributed by atoms with Crippen molar-refractivity contribution in [3.05, 3.63) is 29.8 Å². The van der Waals surface area contributed by atoms with Gasteiger partial charge < -0.3 is 55.1 Å². The smallest absolute Gasteiger partial charge is 0.335 e. The number of rotatable bonds is 18. The number of carboxylic acid groups (broad SMARTS) is 1. The van der Waals surface area contributed by atoms with E-state index in [2.05, 4.69) is 10.6 Å². The molecule has 1 aliphatic rings. The minimum Gasteiger partial charge on any atom is -0.478 e. The van der Waals surface area contributed by atoms with Gasteiger partial charge in [-0.25, -0.2) is 4.79 Å². The molecule has 1 fully saturated rings. The maximum absolute atomic E-state index is 15.4. The summed E-state index contributed by atoms with van der Waals surface area (Å²) in [5.41, 5.74) is 0.683. The van der Waals surface area contributed by atoms with Crippen molar-refractivity contribution in [2.75, 3.05) is 67.7 Å². The van der Waals surface area contributed by atoms with Crippen LogP contribution in [0.4, 0.5) is 5.69 Å². The van der Waals surface area contributed by atoms with E-state index in [4.69, 9.17) is 0 Å². The molecule has 23 heteroatoms. The fourth-order valence-corrected chi connectivity index (χ4v) is 12.4. The molecule has 0 unspecified atom stereocenters. The molecule has 0 aromatic heterocycles. The zero-order valence-electron chi connectivity index (χ0n) is 60.4.